The molecule has 0 radical (unpaired) electrons. The largest absolute Gasteiger partial charge is 0.506 e. The molecule has 2 aromatic rings. The molecule has 1 aliphatic rings. The molecule has 116 valence electrons. The summed E-state index contributed by atoms with van der Waals surface area (Å²) in [6, 6.07) is 12.3. The zero-order valence-corrected chi connectivity index (χ0v) is 13.9. The normalized spacial score (nSPS) is 17.7. The summed E-state index contributed by atoms with van der Waals surface area (Å²) in [5.41, 5.74) is 1.12. The first kappa shape index (κ1) is 15.9. The number of nitrogens with zero attached hydrogens (tertiary/aromatic N) is 1. The Morgan fingerprint density at radius 3 is 2.65 bits per heavy atom. The van der Waals surface area contributed by atoms with Gasteiger partial charge in [-0.25, -0.2) is 4.99 Å². The van der Waals surface area contributed by atoms with E-state index in [-0.39, 0.29) is 16.7 Å². The van der Waals surface area contributed by atoms with Crippen LogP contribution < -0.4 is 5.32 Å². The lowest BCUT2D eigenvalue weighted by Crippen LogP contribution is -2.19. The number of aromatic hydroxyl groups is 1. The van der Waals surface area contributed by atoms with Crippen LogP contribution >= 0.6 is 35.0 Å². The summed E-state index contributed by atoms with van der Waals surface area (Å²) in [6.45, 7) is 0. The Balaban J connectivity index is 1.90. The van der Waals surface area contributed by atoms with E-state index in [4.69, 9.17) is 23.2 Å². The smallest absolute Gasteiger partial charge is 0.264 e. The number of benzene rings is 2. The van der Waals surface area contributed by atoms with Crippen molar-refractivity contribution in [3.63, 3.8) is 0 Å². The number of amides is 1. The van der Waals surface area contributed by atoms with Crippen LogP contribution in [0, 0.1) is 0 Å². The third kappa shape index (κ3) is 3.69. The topological polar surface area (TPSA) is 61.7 Å². The number of nitrogens with one attached hydrogen (secondary N) is 1. The minimum absolute atomic E-state index is 0.120. The molecule has 0 unspecified atom stereocenters. The summed E-state index contributed by atoms with van der Waals surface area (Å²) in [5, 5.41) is 13.6. The number of aliphatic imine (C=N–C) groups is 1. The molecule has 1 aliphatic heterocycles. The van der Waals surface area contributed by atoms with Gasteiger partial charge in [0.25, 0.3) is 5.91 Å². The van der Waals surface area contributed by atoms with Crippen molar-refractivity contribution in [3.05, 3.63) is 63.0 Å². The van der Waals surface area contributed by atoms with Crippen LogP contribution in [0.3, 0.4) is 0 Å². The van der Waals surface area contributed by atoms with Gasteiger partial charge in [-0.05, 0) is 42.1 Å². The van der Waals surface area contributed by atoms with E-state index in [1.807, 2.05) is 30.3 Å². The lowest BCUT2D eigenvalue weighted by molar-refractivity contribution is -0.115. The van der Waals surface area contributed by atoms with Crippen molar-refractivity contribution < 1.29 is 9.90 Å². The van der Waals surface area contributed by atoms with Crippen molar-refractivity contribution in [1.82, 2.24) is 5.32 Å². The molecule has 3 rings (SSSR count). The van der Waals surface area contributed by atoms with Gasteiger partial charge in [-0.1, -0.05) is 41.4 Å². The molecule has 2 N–H and O–H groups in total. The van der Waals surface area contributed by atoms with Crippen LogP contribution in [0.15, 0.2) is 52.4 Å². The molecule has 0 aromatic heterocycles. The van der Waals surface area contributed by atoms with Gasteiger partial charge >= 0.3 is 0 Å². The second-order valence-electron chi connectivity index (χ2n) is 4.64. The Labute approximate surface area is 146 Å². The maximum atomic E-state index is 12.0. The second-order valence-corrected chi connectivity index (χ2v) is 6.52. The Hall–Kier alpha value is -1.95. The molecule has 0 saturated carbocycles. The Kier molecular flexibility index (Phi) is 4.61. The molecule has 4 nitrogen and oxygen atoms in total. The summed E-state index contributed by atoms with van der Waals surface area (Å²) in [4.78, 5) is 16.8. The highest BCUT2D eigenvalue weighted by Gasteiger charge is 2.24. The molecular weight excluding hydrogens is 355 g/mol. The number of phenols is 1. The van der Waals surface area contributed by atoms with Crippen LogP contribution in [0.25, 0.3) is 6.08 Å². The van der Waals surface area contributed by atoms with Crippen molar-refractivity contribution in [2.24, 2.45) is 4.99 Å². The molecule has 1 fully saturated rings. The minimum atomic E-state index is -0.292. The number of phenolic OH excluding ortho intramolecular Hbond substituents is 1. The standard InChI is InChI=1S/C16H10Cl2N2O2S/c17-10-6-9(14(21)12(18)8-10)7-13-15(22)20-16(23-13)19-11-4-2-1-3-5-11/h1-8,21H,(H,19,20,22)/b13-7+. The van der Waals surface area contributed by atoms with Crippen LogP contribution in [-0.2, 0) is 4.79 Å². The molecule has 0 aliphatic carbocycles. The van der Waals surface area contributed by atoms with Gasteiger partial charge in [-0.2, -0.15) is 0 Å². The fourth-order valence-corrected chi connectivity index (χ4v) is 3.28. The van der Waals surface area contributed by atoms with E-state index < -0.39 is 0 Å². The van der Waals surface area contributed by atoms with Crippen LogP contribution in [0.5, 0.6) is 5.75 Å². The number of para-hydroxylation sites is 1. The van der Waals surface area contributed by atoms with Crippen LogP contribution in [-0.4, -0.2) is 16.2 Å². The number of thioether (sulfide) groups is 1. The Morgan fingerprint density at radius 2 is 1.91 bits per heavy atom. The maximum absolute atomic E-state index is 12.0. The van der Waals surface area contributed by atoms with Gasteiger partial charge in [0.05, 0.1) is 15.6 Å². The van der Waals surface area contributed by atoms with Gasteiger partial charge in [0.2, 0.25) is 0 Å². The van der Waals surface area contributed by atoms with E-state index in [9.17, 15) is 9.90 Å². The zero-order chi connectivity index (χ0) is 16.4. The van der Waals surface area contributed by atoms with Crippen LogP contribution in [0.1, 0.15) is 5.56 Å². The summed E-state index contributed by atoms with van der Waals surface area (Å²) < 4.78 is 0. The minimum Gasteiger partial charge on any atom is -0.506 e. The van der Waals surface area contributed by atoms with Crippen molar-refractivity contribution in [1.29, 1.82) is 0 Å². The van der Waals surface area contributed by atoms with Gasteiger partial charge in [-0.15, -0.1) is 0 Å². The summed E-state index contributed by atoms with van der Waals surface area (Å²) in [5.74, 6) is -0.411. The zero-order valence-electron chi connectivity index (χ0n) is 11.6. The molecule has 0 bridgehead atoms. The molecule has 7 heteroatoms. The molecule has 1 saturated heterocycles. The summed E-state index contributed by atoms with van der Waals surface area (Å²) in [6.07, 6.45) is 1.53. The fourth-order valence-electron chi connectivity index (χ4n) is 1.94. The molecule has 23 heavy (non-hydrogen) atoms. The third-order valence-electron chi connectivity index (χ3n) is 2.98. The van der Waals surface area contributed by atoms with Crippen molar-refractivity contribution in [3.8, 4) is 5.75 Å². The molecule has 1 amide bonds. The van der Waals surface area contributed by atoms with E-state index in [1.165, 1.54) is 30.0 Å². The van der Waals surface area contributed by atoms with E-state index in [2.05, 4.69) is 10.3 Å². The molecule has 2 aromatic carbocycles. The van der Waals surface area contributed by atoms with Crippen LogP contribution in [0.4, 0.5) is 5.69 Å². The van der Waals surface area contributed by atoms with Crippen molar-refractivity contribution in [2.75, 3.05) is 0 Å². The number of halogens is 2. The first-order chi connectivity index (χ1) is 11.0. The van der Waals surface area contributed by atoms with Gasteiger partial charge in [0, 0.05) is 10.6 Å². The molecule has 1 heterocycles. The predicted octanol–water partition coefficient (Wildman–Crippen LogP) is 4.59. The first-order valence-electron chi connectivity index (χ1n) is 6.55. The van der Waals surface area contributed by atoms with E-state index >= 15 is 0 Å². The highest BCUT2D eigenvalue weighted by Crippen LogP contribution is 2.35. The lowest BCUT2D eigenvalue weighted by Gasteiger charge is -2.03. The SMILES string of the molecule is O=C1NC(=Nc2ccccc2)S/C1=C/c1cc(Cl)cc(Cl)c1O. The highest BCUT2D eigenvalue weighted by molar-refractivity contribution is 8.18. The van der Waals surface area contributed by atoms with Gasteiger partial charge < -0.3 is 10.4 Å². The van der Waals surface area contributed by atoms with Gasteiger partial charge in [0.1, 0.15) is 5.75 Å². The first-order valence-corrected chi connectivity index (χ1v) is 8.13. The quantitative estimate of drug-likeness (QED) is 0.766. The number of carbonyl (C=O) groups is 1. The average molecular weight is 365 g/mol. The fraction of sp³-hybridized carbons (Fsp3) is 0. The molecule has 0 spiro atoms. The Morgan fingerprint density at radius 1 is 1.17 bits per heavy atom. The number of hydrogen-bond donors (Lipinski definition) is 2. The Bertz CT molecular complexity index is 835. The van der Waals surface area contributed by atoms with E-state index in [0.29, 0.717) is 20.7 Å². The maximum Gasteiger partial charge on any atom is 0.264 e. The third-order valence-corrected chi connectivity index (χ3v) is 4.40. The number of carbonyl (C=O) groups excluding carboxylic acids is 1. The predicted molar refractivity (Wildman–Crippen MR) is 95.4 cm³/mol. The summed E-state index contributed by atoms with van der Waals surface area (Å²) >= 11 is 13.0. The van der Waals surface area contributed by atoms with Crippen LogP contribution in [0.2, 0.25) is 10.0 Å². The average Bonchev–Trinajstić information content (AvgIpc) is 2.85. The van der Waals surface area contributed by atoms with E-state index in [0.717, 1.165) is 5.69 Å². The highest BCUT2D eigenvalue weighted by atomic mass is 35.5. The molecule has 0 atom stereocenters. The summed E-state index contributed by atoms with van der Waals surface area (Å²) in [7, 11) is 0. The van der Waals surface area contributed by atoms with Gasteiger partial charge in [0.15, 0.2) is 5.17 Å². The van der Waals surface area contributed by atoms with Gasteiger partial charge in [-0.3, -0.25) is 4.79 Å². The lowest BCUT2D eigenvalue weighted by atomic mass is 10.2. The second kappa shape index (κ2) is 6.66. The number of rotatable bonds is 2. The monoisotopic (exact) mass is 364 g/mol. The number of hydrogen-bond acceptors (Lipinski definition) is 4. The van der Waals surface area contributed by atoms with Crippen molar-refractivity contribution in [2.45, 2.75) is 0 Å². The number of amidine groups is 1. The molecular formula is C16H10Cl2N2O2S. The van der Waals surface area contributed by atoms with Crippen molar-refractivity contribution >= 4 is 57.8 Å². The van der Waals surface area contributed by atoms with E-state index in [1.54, 1.807) is 0 Å².